The number of nitrogens with two attached hydrogens (primary N) is 1. The number of primary sulfonamides is 1. The predicted molar refractivity (Wildman–Crippen MR) is 130 cm³/mol. The summed E-state index contributed by atoms with van der Waals surface area (Å²) in [4.78, 5) is 23.7. The normalized spacial score (nSPS) is 13.2. The van der Waals surface area contributed by atoms with Gasteiger partial charge in [0.2, 0.25) is 21.9 Å². The minimum absolute atomic E-state index is 0.0168. The van der Waals surface area contributed by atoms with Gasteiger partial charge < -0.3 is 10.6 Å². The van der Waals surface area contributed by atoms with Gasteiger partial charge in [-0.1, -0.05) is 5.92 Å². The first-order valence-electron chi connectivity index (χ1n) is 9.76. The van der Waals surface area contributed by atoms with Gasteiger partial charge in [0.05, 0.1) is 22.9 Å². The van der Waals surface area contributed by atoms with E-state index in [4.69, 9.17) is 11.6 Å². The Morgan fingerprint density at radius 3 is 2.61 bits per heavy atom. The fourth-order valence-electron chi connectivity index (χ4n) is 3.17. The third kappa shape index (κ3) is 5.09. The molecule has 2 aromatic carbocycles. The van der Waals surface area contributed by atoms with Crippen LogP contribution in [0.1, 0.15) is 5.56 Å². The van der Waals surface area contributed by atoms with Crippen LogP contribution in [-0.2, 0) is 14.8 Å². The van der Waals surface area contributed by atoms with E-state index in [2.05, 4.69) is 26.5 Å². The number of thioether (sulfide) groups is 1. The lowest BCUT2D eigenvalue weighted by Gasteiger charge is -2.28. The number of benzene rings is 2. The number of carbonyl (C=O) groups is 1. The fraction of sp³-hybridized carbons (Fsp3) is 0.136. The summed E-state index contributed by atoms with van der Waals surface area (Å²) in [6.45, 7) is 2.08. The van der Waals surface area contributed by atoms with Gasteiger partial charge in [-0.2, -0.15) is 4.98 Å². The number of sulfonamides is 1. The highest BCUT2D eigenvalue weighted by Gasteiger charge is 2.24. The van der Waals surface area contributed by atoms with E-state index in [0.29, 0.717) is 23.2 Å². The van der Waals surface area contributed by atoms with Crippen molar-refractivity contribution in [2.45, 2.75) is 16.7 Å². The first-order chi connectivity index (χ1) is 15.7. The number of amides is 1. The number of nitrogens with one attached hydrogen (secondary N) is 2. The average molecular weight is 481 g/mol. The van der Waals surface area contributed by atoms with Gasteiger partial charge in [-0.3, -0.25) is 9.69 Å². The minimum Gasteiger partial charge on any atom is -0.340 e. The molecule has 0 aliphatic carbocycles. The van der Waals surface area contributed by atoms with Crippen molar-refractivity contribution < 1.29 is 13.2 Å². The highest BCUT2D eigenvalue weighted by molar-refractivity contribution is 8.00. The van der Waals surface area contributed by atoms with Crippen molar-refractivity contribution in [3.05, 3.63) is 54.2 Å². The zero-order valence-corrected chi connectivity index (χ0v) is 19.2. The summed E-state index contributed by atoms with van der Waals surface area (Å²) >= 11 is 1.48. The number of hydrogen-bond acceptors (Lipinski definition) is 8. The third-order valence-electron chi connectivity index (χ3n) is 4.82. The molecule has 0 saturated heterocycles. The molecule has 4 rings (SSSR count). The minimum atomic E-state index is -3.76. The molecule has 0 spiro atoms. The van der Waals surface area contributed by atoms with Gasteiger partial charge in [-0.05, 0) is 49.4 Å². The Kier molecular flexibility index (Phi) is 6.24. The molecule has 0 radical (unpaired) electrons. The summed E-state index contributed by atoms with van der Waals surface area (Å²) in [7, 11) is -3.76. The molecular weight excluding hydrogens is 460 g/mol. The van der Waals surface area contributed by atoms with Crippen LogP contribution in [0.5, 0.6) is 0 Å². The van der Waals surface area contributed by atoms with E-state index in [-0.39, 0.29) is 17.3 Å². The summed E-state index contributed by atoms with van der Waals surface area (Å²) in [5.74, 6) is 3.77. The molecule has 4 N–H and O–H groups in total. The second kappa shape index (κ2) is 9.11. The molecule has 9 nitrogen and oxygen atoms in total. The fourth-order valence-corrected chi connectivity index (χ4v) is 4.60. The van der Waals surface area contributed by atoms with Crippen LogP contribution in [0.25, 0.3) is 0 Å². The van der Waals surface area contributed by atoms with Crippen molar-refractivity contribution in [2.24, 2.45) is 5.14 Å². The Bertz CT molecular complexity index is 1370. The molecular formula is C22H20N6O3S2. The molecule has 2 heterocycles. The molecule has 168 valence electrons. The van der Waals surface area contributed by atoms with E-state index < -0.39 is 10.0 Å². The number of terminal acetylenes is 1. The van der Waals surface area contributed by atoms with Gasteiger partial charge in [0.1, 0.15) is 5.82 Å². The summed E-state index contributed by atoms with van der Waals surface area (Å²) in [5, 5.41) is 11.4. The molecule has 0 bridgehead atoms. The standard InChI is InChI=1S/C22H20N6O3S2/c1-3-10-28-18-11-16(6-9-19(18)32-13-20(28)29)25-21-14(2)12-24-22(27-21)26-15-4-7-17(8-5-15)33(23,30)31/h1,4-9,11-12H,10,13H2,2H3,(H2,23,30,31)(H2,24,25,26,27). The van der Waals surface area contributed by atoms with Gasteiger partial charge in [0.25, 0.3) is 0 Å². The number of rotatable bonds is 6. The van der Waals surface area contributed by atoms with E-state index >= 15 is 0 Å². The maximum Gasteiger partial charge on any atom is 0.238 e. The number of fused-ring (bicyclic) bond motifs is 1. The molecule has 0 atom stereocenters. The van der Waals surface area contributed by atoms with E-state index in [1.807, 2.05) is 25.1 Å². The van der Waals surface area contributed by atoms with Crippen LogP contribution in [0.4, 0.5) is 28.8 Å². The topological polar surface area (TPSA) is 130 Å². The zero-order valence-electron chi connectivity index (χ0n) is 17.6. The molecule has 0 unspecified atom stereocenters. The van der Waals surface area contributed by atoms with Crippen molar-refractivity contribution in [1.29, 1.82) is 0 Å². The van der Waals surface area contributed by atoms with Crippen LogP contribution >= 0.6 is 11.8 Å². The van der Waals surface area contributed by atoms with Gasteiger partial charge in [0, 0.05) is 28.0 Å². The number of anilines is 5. The molecule has 0 fully saturated rings. The molecule has 33 heavy (non-hydrogen) atoms. The van der Waals surface area contributed by atoms with Crippen LogP contribution in [0.3, 0.4) is 0 Å². The highest BCUT2D eigenvalue weighted by Crippen LogP contribution is 2.37. The first kappa shape index (κ1) is 22.6. The second-order valence-corrected chi connectivity index (χ2v) is 9.78. The van der Waals surface area contributed by atoms with Crippen molar-refractivity contribution in [2.75, 3.05) is 27.8 Å². The van der Waals surface area contributed by atoms with Crippen LogP contribution in [0.2, 0.25) is 0 Å². The molecule has 1 aliphatic rings. The number of hydrogen-bond donors (Lipinski definition) is 3. The summed E-state index contributed by atoms with van der Waals surface area (Å²) in [6.07, 6.45) is 7.11. The van der Waals surface area contributed by atoms with E-state index in [0.717, 1.165) is 21.8 Å². The SMILES string of the molecule is C#CCN1C(=O)CSc2ccc(Nc3nc(Nc4ccc(S(N)(=O)=O)cc4)ncc3C)cc21. The number of aromatic nitrogens is 2. The van der Waals surface area contributed by atoms with Crippen LogP contribution in [0, 0.1) is 19.3 Å². The Morgan fingerprint density at radius 1 is 1.18 bits per heavy atom. The number of carbonyl (C=O) groups excluding carboxylic acids is 1. The van der Waals surface area contributed by atoms with E-state index in [1.165, 1.54) is 23.9 Å². The monoisotopic (exact) mass is 480 g/mol. The molecule has 11 heteroatoms. The van der Waals surface area contributed by atoms with Crippen molar-refractivity contribution >= 4 is 56.5 Å². The van der Waals surface area contributed by atoms with Crippen molar-refractivity contribution in [1.82, 2.24) is 9.97 Å². The van der Waals surface area contributed by atoms with Gasteiger partial charge in [-0.15, -0.1) is 18.2 Å². The van der Waals surface area contributed by atoms with Crippen LogP contribution in [-0.4, -0.2) is 36.6 Å². The third-order valence-corrected chi connectivity index (χ3v) is 6.80. The predicted octanol–water partition coefficient (Wildman–Crippen LogP) is 2.99. The number of nitrogens with zero attached hydrogens (tertiary/aromatic N) is 3. The average Bonchev–Trinajstić information content (AvgIpc) is 2.78. The summed E-state index contributed by atoms with van der Waals surface area (Å²) < 4.78 is 22.8. The summed E-state index contributed by atoms with van der Waals surface area (Å²) in [6, 6.07) is 11.7. The Morgan fingerprint density at radius 2 is 1.91 bits per heavy atom. The van der Waals surface area contributed by atoms with E-state index in [9.17, 15) is 13.2 Å². The van der Waals surface area contributed by atoms with Crippen molar-refractivity contribution in [3.63, 3.8) is 0 Å². The lowest BCUT2D eigenvalue weighted by Crippen LogP contribution is -2.35. The maximum absolute atomic E-state index is 12.3. The molecule has 1 aliphatic heterocycles. The Balaban J connectivity index is 1.57. The number of aryl methyl sites for hydroxylation is 1. The van der Waals surface area contributed by atoms with Gasteiger partial charge >= 0.3 is 0 Å². The lowest BCUT2D eigenvalue weighted by molar-refractivity contribution is -0.116. The summed E-state index contributed by atoms with van der Waals surface area (Å²) in [5.41, 5.74) is 2.93. The van der Waals surface area contributed by atoms with Crippen LogP contribution < -0.4 is 20.7 Å². The largest absolute Gasteiger partial charge is 0.340 e. The smallest absolute Gasteiger partial charge is 0.238 e. The molecule has 1 aromatic heterocycles. The van der Waals surface area contributed by atoms with Gasteiger partial charge in [-0.25, -0.2) is 18.5 Å². The second-order valence-electron chi connectivity index (χ2n) is 7.20. The lowest BCUT2D eigenvalue weighted by atomic mass is 10.2. The molecule has 1 amide bonds. The van der Waals surface area contributed by atoms with Crippen molar-refractivity contribution in [3.8, 4) is 12.3 Å². The van der Waals surface area contributed by atoms with Crippen LogP contribution in [0.15, 0.2) is 58.5 Å². The zero-order chi connectivity index (χ0) is 23.6. The Hall–Kier alpha value is -3.59. The molecule has 3 aromatic rings. The first-order valence-corrected chi connectivity index (χ1v) is 12.3. The van der Waals surface area contributed by atoms with Gasteiger partial charge in [0.15, 0.2) is 0 Å². The Labute approximate surface area is 195 Å². The molecule has 0 saturated carbocycles. The quantitative estimate of drug-likeness (QED) is 0.459. The maximum atomic E-state index is 12.3. The highest BCUT2D eigenvalue weighted by atomic mass is 32.2. The van der Waals surface area contributed by atoms with E-state index in [1.54, 1.807) is 23.2 Å².